The van der Waals surface area contributed by atoms with Gasteiger partial charge in [-0.05, 0) is 44.5 Å². The Morgan fingerprint density at radius 3 is 2.32 bits per heavy atom. The maximum Gasteiger partial charge on any atom is 0.103 e. The van der Waals surface area contributed by atoms with Gasteiger partial charge in [0, 0.05) is 43.5 Å². The maximum absolute atomic E-state index is 5.67. The fraction of sp³-hybridized carbons (Fsp3) is 0.533. The summed E-state index contributed by atoms with van der Waals surface area (Å²) in [5.41, 5.74) is 9.19. The molecule has 1 heterocycles. The van der Waals surface area contributed by atoms with E-state index in [4.69, 9.17) is 18.0 Å². The smallest absolute Gasteiger partial charge is 0.103 e. The van der Waals surface area contributed by atoms with Crippen molar-refractivity contribution in [1.29, 1.82) is 0 Å². The molecule has 2 N–H and O–H groups in total. The quantitative estimate of drug-likeness (QED) is 0.858. The molecule has 0 aromatic heterocycles. The average Bonchev–Trinajstić information content (AvgIpc) is 2.38. The van der Waals surface area contributed by atoms with Crippen LogP contribution in [0.4, 0.5) is 5.69 Å². The molecule has 0 aliphatic carbocycles. The number of aryl methyl sites for hydroxylation is 1. The highest BCUT2D eigenvalue weighted by molar-refractivity contribution is 7.80. The van der Waals surface area contributed by atoms with E-state index in [1.807, 2.05) is 6.07 Å². The van der Waals surface area contributed by atoms with Crippen molar-refractivity contribution >= 4 is 22.9 Å². The molecule has 1 aliphatic rings. The second-order valence-electron chi connectivity index (χ2n) is 5.48. The van der Waals surface area contributed by atoms with Crippen LogP contribution in [0.15, 0.2) is 18.2 Å². The Morgan fingerprint density at radius 2 is 1.84 bits per heavy atom. The molecule has 0 bridgehead atoms. The zero-order valence-corrected chi connectivity index (χ0v) is 12.8. The van der Waals surface area contributed by atoms with Gasteiger partial charge in [0.15, 0.2) is 0 Å². The van der Waals surface area contributed by atoms with Gasteiger partial charge < -0.3 is 10.6 Å². The van der Waals surface area contributed by atoms with E-state index in [0.717, 1.165) is 31.7 Å². The summed E-state index contributed by atoms with van der Waals surface area (Å²) in [5.74, 6) is 0. The van der Waals surface area contributed by atoms with Crippen molar-refractivity contribution in [3.63, 3.8) is 0 Å². The van der Waals surface area contributed by atoms with E-state index in [1.165, 1.54) is 11.3 Å². The molecule has 0 atom stereocenters. The molecular formula is C15H23N3S. The topological polar surface area (TPSA) is 32.5 Å². The minimum atomic E-state index is 0.472. The Labute approximate surface area is 121 Å². The fourth-order valence-electron chi connectivity index (χ4n) is 2.64. The van der Waals surface area contributed by atoms with Crippen molar-refractivity contribution in [2.24, 2.45) is 5.73 Å². The van der Waals surface area contributed by atoms with Crippen LogP contribution in [-0.2, 0) is 0 Å². The Balaban J connectivity index is 2.09. The molecule has 19 heavy (non-hydrogen) atoms. The van der Waals surface area contributed by atoms with Gasteiger partial charge in [-0.25, -0.2) is 0 Å². The largest absolute Gasteiger partial charge is 0.389 e. The fourth-order valence-corrected chi connectivity index (χ4v) is 2.77. The molecule has 0 radical (unpaired) electrons. The van der Waals surface area contributed by atoms with Crippen molar-refractivity contribution in [1.82, 2.24) is 4.90 Å². The summed E-state index contributed by atoms with van der Waals surface area (Å²) in [4.78, 5) is 5.45. The number of hydrogen-bond donors (Lipinski definition) is 1. The summed E-state index contributed by atoms with van der Waals surface area (Å²) in [6, 6.07) is 6.90. The van der Waals surface area contributed by atoms with Crippen LogP contribution in [-0.4, -0.2) is 42.1 Å². The van der Waals surface area contributed by atoms with Crippen LogP contribution >= 0.6 is 12.2 Å². The van der Waals surface area contributed by atoms with Crippen LogP contribution in [0.25, 0.3) is 0 Å². The van der Waals surface area contributed by atoms with Crippen molar-refractivity contribution < 1.29 is 0 Å². The van der Waals surface area contributed by atoms with Crippen molar-refractivity contribution in [2.75, 3.05) is 31.1 Å². The lowest BCUT2D eigenvalue weighted by molar-refractivity contribution is 0.209. The first-order chi connectivity index (χ1) is 8.99. The molecule has 1 fully saturated rings. The molecule has 4 heteroatoms. The van der Waals surface area contributed by atoms with E-state index < -0.39 is 0 Å². The third kappa shape index (κ3) is 3.25. The summed E-state index contributed by atoms with van der Waals surface area (Å²) in [7, 11) is 0. The van der Waals surface area contributed by atoms with E-state index in [1.54, 1.807) is 0 Å². The molecule has 0 unspecified atom stereocenters. The van der Waals surface area contributed by atoms with Gasteiger partial charge in [0.25, 0.3) is 0 Å². The highest BCUT2D eigenvalue weighted by atomic mass is 32.1. The second-order valence-corrected chi connectivity index (χ2v) is 5.92. The SMILES string of the molecule is Cc1cc(C(N)=S)ccc1N1CCN(C(C)C)CC1. The van der Waals surface area contributed by atoms with Gasteiger partial charge in [0.1, 0.15) is 4.99 Å². The zero-order chi connectivity index (χ0) is 14.0. The van der Waals surface area contributed by atoms with E-state index in [0.29, 0.717) is 11.0 Å². The molecule has 1 aliphatic heterocycles. The van der Waals surface area contributed by atoms with Crippen molar-refractivity contribution in [3.8, 4) is 0 Å². The summed E-state index contributed by atoms with van der Waals surface area (Å²) in [6.45, 7) is 11.1. The maximum atomic E-state index is 5.67. The molecule has 104 valence electrons. The number of nitrogens with zero attached hydrogens (tertiary/aromatic N) is 2. The second kappa shape index (κ2) is 5.88. The molecule has 2 rings (SSSR count). The van der Waals surface area contributed by atoms with E-state index in [-0.39, 0.29) is 0 Å². The highest BCUT2D eigenvalue weighted by Gasteiger charge is 2.20. The van der Waals surface area contributed by atoms with Crippen LogP contribution in [0, 0.1) is 6.92 Å². The van der Waals surface area contributed by atoms with Crippen LogP contribution in [0.3, 0.4) is 0 Å². The van der Waals surface area contributed by atoms with E-state index in [9.17, 15) is 0 Å². The van der Waals surface area contributed by atoms with Crippen molar-refractivity contribution in [3.05, 3.63) is 29.3 Å². The molecule has 0 amide bonds. The number of piperazine rings is 1. The molecule has 0 spiro atoms. The first-order valence-electron chi connectivity index (χ1n) is 6.88. The molecular weight excluding hydrogens is 254 g/mol. The molecule has 1 aromatic carbocycles. The Morgan fingerprint density at radius 1 is 1.21 bits per heavy atom. The molecule has 1 saturated heterocycles. The summed E-state index contributed by atoms with van der Waals surface area (Å²) in [5, 5.41) is 0. The zero-order valence-electron chi connectivity index (χ0n) is 12.0. The standard InChI is InChI=1S/C15H23N3S/c1-11(2)17-6-8-18(9-7-17)14-5-4-13(15(16)19)10-12(14)3/h4-5,10-11H,6-9H2,1-3H3,(H2,16,19). The van der Waals surface area contributed by atoms with E-state index >= 15 is 0 Å². The lowest BCUT2D eigenvalue weighted by Crippen LogP contribution is -2.49. The minimum absolute atomic E-state index is 0.472. The number of nitrogens with two attached hydrogens (primary N) is 1. The van der Waals surface area contributed by atoms with Crippen LogP contribution < -0.4 is 10.6 Å². The van der Waals surface area contributed by atoms with Crippen LogP contribution in [0.5, 0.6) is 0 Å². The van der Waals surface area contributed by atoms with Gasteiger partial charge in [0.05, 0.1) is 0 Å². The number of thiocarbonyl (C=S) groups is 1. The van der Waals surface area contributed by atoms with Gasteiger partial charge in [-0.15, -0.1) is 0 Å². The lowest BCUT2D eigenvalue weighted by atomic mass is 10.1. The molecule has 0 saturated carbocycles. The molecule has 3 nitrogen and oxygen atoms in total. The first-order valence-corrected chi connectivity index (χ1v) is 7.29. The first kappa shape index (κ1) is 14.3. The van der Waals surface area contributed by atoms with Gasteiger partial charge >= 0.3 is 0 Å². The van der Waals surface area contributed by atoms with Gasteiger partial charge in [-0.2, -0.15) is 0 Å². The van der Waals surface area contributed by atoms with Gasteiger partial charge in [-0.1, -0.05) is 12.2 Å². The summed E-state index contributed by atoms with van der Waals surface area (Å²) >= 11 is 5.02. The third-order valence-electron chi connectivity index (χ3n) is 3.87. The van der Waals surface area contributed by atoms with Gasteiger partial charge in [0.2, 0.25) is 0 Å². The van der Waals surface area contributed by atoms with Crippen molar-refractivity contribution in [2.45, 2.75) is 26.8 Å². The van der Waals surface area contributed by atoms with E-state index in [2.05, 4.69) is 42.7 Å². The van der Waals surface area contributed by atoms with Crippen LogP contribution in [0.1, 0.15) is 25.0 Å². The summed E-state index contributed by atoms with van der Waals surface area (Å²) in [6.07, 6.45) is 0. The summed E-state index contributed by atoms with van der Waals surface area (Å²) < 4.78 is 0. The predicted molar refractivity (Wildman–Crippen MR) is 86.0 cm³/mol. The highest BCUT2D eigenvalue weighted by Crippen LogP contribution is 2.23. The van der Waals surface area contributed by atoms with Crippen LogP contribution in [0.2, 0.25) is 0 Å². The number of anilines is 1. The number of rotatable bonds is 3. The monoisotopic (exact) mass is 277 g/mol. The minimum Gasteiger partial charge on any atom is -0.389 e. The average molecular weight is 277 g/mol. The number of benzene rings is 1. The Hall–Kier alpha value is -1.13. The van der Waals surface area contributed by atoms with Gasteiger partial charge in [-0.3, -0.25) is 4.90 Å². The number of hydrogen-bond acceptors (Lipinski definition) is 3. The Bertz CT molecular complexity index is 462. The normalized spacial score (nSPS) is 16.9. The predicted octanol–water partition coefficient (Wildman–Crippen LogP) is 2.16. The third-order valence-corrected chi connectivity index (χ3v) is 4.10. The lowest BCUT2D eigenvalue weighted by Gasteiger charge is -2.38. The molecule has 1 aromatic rings. The Kier molecular flexibility index (Phi) is 4.42.